The minimum Gasteiger partial charge on any atom is -0.207 e. The van der Waals surface area contributed by atoms with Gasteiger partial charge in [0, 0.05) is 0 Å². The van der Waals surface area contributed by atoms with Crippen molar-refractivity contribution in [2.45, 2.75) is 6.92 Å². The maximum absolute atomic E-state index is 13.9. The van der Waals surface area contributed by atoms with E-state index in [1.807, 2.05) is 19.1 Å². The Kier molecular flexibility index (Phi) is 4.65. The molecule has 0 saturated heterocycles. The second-order valence-electron chi connectivity index (χ2n) is 7.67. The van der Waals surface area contributed by atoms with E-state index >= 15 is 0 Å². The molecule has 0 aliphatic rings. The number of fused-ring (bicyclic) bond motifs is 1. The average molecular weight is 388 g/mol. The number of hydrogen-bond acceptors (Lipinski definition) is 0. The second-order valence-corrected chi connectivity index (χ2v) is 7.67. The molecule has 0 fully saturated rings. The van der Waals surface area contributed by atoms with Gasteiger partial charge < -0.3 is 0 Å². The summed E-state index contributed by atoms with van der Waals surface area (Å²) >= 11 is 0. The van der Waals surface area contributed by atoms with Crippen LogP contribution in [-0.2, 0) is 0 Å². The molecule has 5 aromatic rings. The fourth-order valence-corrected chi connectivity index (χ4v) is 4.17. The smallest absolute Gasteiger partial charge is 0.124 e. The first-order chi connectivity index (χ1) is 14.7. The van der Waals surface area contributed by atoms with Crippen molar-refractivity contribution in [3.63, 3.8) is 0 Å². The molecule has 0 amide bonds. The van der Waals surface area contributed by atoms with E-state index in [1.54, 1.807) is 12.1 Å². The van der Waals surface area contributed by atoms with Crippen molar-refractivity contribution >= 4 is 10.8 Å². The topological polar surface area (TPSA) is 0 Å². The molecule has 5 aromatic carbocycles. The normalized spacial score (nSPS) is 11.0. The first kappa shape index (κ1) is 18.3. The Bertz CT molecular complexity index is 1310. The van der Waals surface area contributed by atoms with Crippen molar-refractivity contribution in [2.75, 3.05) is 0 Å². The molecule has 0 N–H and O–H groups in total. The Hall–Kier alpha value is -3.71. The molecule has 0 aliphatic heterocycles. The molecule has 0 nitrogen and oxygen atoms in total. The van der Waals surface area contributed by atoms with Crippen LogP contribution in [-0.4, -0.2) is 0 Å². The van der Waals surface area contributed by atoms with Gasteiger partial charge in [0.05, 0.1) is 0 Å². The summed E-state index contributed by atoms with van der Waals surface area (Å²) in [5, 5.41) is 2.45. The highest BCUT2D eigenvalue weighted by molar-refractivity contribution is 6.04. The van der Waals surface area contributed by atoms with Crippen molar-refractivity contribution in [2.24, 2.45) is 0 Å². The highest BCUT2D eigenvalue weighted by Gasteiger charge is 2.12. The minimum absolute atomic E-state index is 0.200. The lowest BCUT2D eigenvalue weighted by atomic mass is 9.89. The lowest BCUT2D eigenvalue weighted by molar-refractivity contribution is 0.627. The summed E-state index contributed by atoms with van der Waals surface area (Å²) in [7, 11) is 0. The van der Waals surface area contributed by atoms with Gasteiger partial charge in [-0.25, -0.2) is 4.39 Å². The summed E-state index contributed by atoms with van der Waals surface area (Å²) < 4.78 is 13.9. The Morgan fingerprint density at radius 2 is 1.23 bits per heavy atom. The summed E-state index contributed by atoms with van der Waals surface area (Å²) in [6.45, 7) is 1.92. The molecule has 0 bridgehead atoms. The fourth-order valence-electron chi connectivity index (χ4n) is 4.17. The average Bonchev–Trinajstić information content (AvgIpc) is 2.78. The molecule has 5 rings (SSSR count). The summed E-state index contributed by atoms with van der Waals surface area (Å²) in [4.78, 5) is 0. The van der Waals surface area contributed by atoms with Gasteiger partial charge in [0.15, 0.2) is 0 Å². The summed E-state index contributed by atoms with van der Waals surface area (Å²) in [6.07, 6.45) is 0. The van der Waals surface area contributed by atoms with E-state index in [-0.39, 0.29) is 5.82 Å². The van der Waals surface area contributed by atoms with Crippen molar-refractivity contribution in [1.82, 2.24) is 0 Å². The molecular formula is C29H21F. The van der Waals surface area contributed by atoms with Crippen LogP contribution in [0.3, 0.4) is 0 Å². The van der Waals surface area contributed by atoms with E-state index in [9.17, 15) is 4.39 Å². The van der Waals surface area contributed by atoms with Gasteiger partial charge >= 0.3 is 0 Å². The first-order valence-corrected chi connectivity index (χ1v) is 10.1. The van der Waals surface area contributed by atoms with Gasteiger partial charge in [-0.15, -0.1) is 0 Å². The number of hydrogen-bond donors (Lipinski definition) is 0. The Labute approximate surface area is 176 Å². The largest absolute Gasteiger partial charge is 0.207 e. The third-order valence-electron chi connectivity index (χ3n) is 5.56. The fraction of sp³-hybridized carbons (Fsp3) is 0.0345. The predicted octanol–water partition coefficient (Wildman–Crippen LogP) is 8.29. The SMILES string of the molecule is Cc1cc(F)cc(-c2ccc(-c3c(-c4ccccc4)ccc4ccccc34)cc2)c1. The predicted molar refractivity (Wildman–Crippen MR) is 125 cm³/mol. The second kappa shape index (κ2) is 7.61. The van der Waals surface area contributed by atoms with Gasteiger partial charge in [-0.05, 0) is 68.8 Å². The van der Waals surface area contributed by atoms with Crippen LogP contribution in [0.4, 0.5) is 4.39 Å². The monoisotopic (exact) mass is 388 g/mol. The minimum atomic E-state index is -0.200. The van der Waals surface area contributed by atoms with Crippen LogP contribution in [0, 0.1) is 12.7 Å². The third-order valence-corrected chi connectivity index (χ3v) is 5.56. The van der Waals surface area contributed by atoms with Crippen LogP contribution in [0.25, 0.3) is 44.2 Å². The zero-order chi connectivity index (χ0) is 20.5. The van der Waals surface area contributed by atoms with E-state index in [4.69, 9.17) is 0 Å². The molecule has 0 heterocycles. The Morgan fingerprint density at radius 1 is 0.533 bits per heavy atom. The van der Waals surface area contributed by atoms with Crippen LogP contribution in [0.2, 0.25) is 0 Å². The number of benzene rings is 5. The standard InChI is InChI=1S/C29H21F/c1-20-17-25(19-26(30)18-20)21-11-13-24(14-12-21)29-27-10-6-5-9-23(27)15-16-28(29)22-7-3-2-4-8-22/h2-19H,1H3. The zero-order valence-corrected chi connectivity index (χ0v) is 16.8. The maximum Gasteiger partial charge on any atom is 0.124 e. The number of halogens is 1. The highest BCUT2D eigenvalue weighted by atomic mass is 19.1. The molecular weight excluding hydrogens is 367 g/mol. The van der Waals surface area contributed by atoms with Crippen molar-refractivity contribution in [1.29, 1.82) is 0 Å². The molecule has 0 saturated carbocycles. The molecule has 0 atom stereocenters. The van der Waals surface area contributed by atoms with E-state index in [0.29, 0.717) is 0 Å². The van der Waals surface area contributed by atoms with E-state index in [0.717, 1.165) is 22.3 Å². The number of rotatable bonds is 3. The lowest BCUT2D eigenvalue weighted by Crippen LogP contribution is -1.89. The highest BCUT2D eigenvalue weighted by Crippen LogP contribution is 2.38. The van der Waals surface area contributed by atoms with Gasteiger partial charge in [0.2, 0.25) is 0 Å². The molecule has 30 heavy (non-hydrogen) atoms. The zero-order valence-electron chi connectivity index (χ0n) is 16.8. The van der Waals surface area contributed by atoms with Crippen molar-refractivity contribution in [3.05, 3.63) is 121 Å². The molecule has 0 spiro atoms. The van der Waals surface area contributed by atoms with E-state index in [1.165, 1.54) is 27.5 Å². The van der Waals surface area contributed by atoms with Crippen molar-refractivity contribution in [3.8, 4) is 33.4 Å². The number of aryl methyl sites for hydroxylation is 1. The molecule has 0 aromatic heterocycles. The molecule has 0 unspecified atom stereocenters. The van der Waals surface area contributed by atoms with Crippen LogP contribution in [0.1, 0.15) is 5.56 Å². The molecule has 144 valence electrons. The van der Waals surface area contributed by atoms with Gasteiger partial charge in [-0.3, -0.25) is 0 Å². The van der Waals surface area contributed by atoms with Gasteiger partial charge in [-0.1, -0.05) is 97.1 Å². The van der Waals surface area contributed by atoms with Crippen LogP contribution in [0.15, 0.2) is 109 Å². The summed E-state index contributed by atoms with van der Waals surface area (Å²) in [5.74, 6) is -0.200. The summed E-state index contributed by atoms with van der Waals surface area (Å²) in [5.41, 5.74) is 7.63. The lowest BCUT2D eigenvalue weighted by Gasteiger charge is -2.15. The van der Waals surface area contributed by atoms with Crippen LogP contribution < -0.4 is 0 Å². The third kappa shape index (κ3) is 3.40. The van der Waals surface area contributed by atoms with Crippen LogP contribution in [0.5, 0.6) is 0 Å². The van der Waals surface area contributed by atoms with Gasteiger partial charge in [0.1, 0.15) is 5.82 Å². The Morgan fingerprint density at radius 3 is 2.00 bits per heavy atom. The quantitative estimate of drug-likeness (QED) is 0.292. The molecule has 0 aliphatic carbocycles. The molecule has 0 radical (unpaired) electrons. The van der Waals surface area contributed by atoms with Gasteiger partial charge in [0.25, 0.3) is 0 Å². The molecule has 1 heteroatoms. The summed E-state index contributed by atoms with van der Waals surface area (Å²) in [6, 6.07) is 37.0. The maximum atomic E-state index is 13.9. The van der Waals surface area contributed by atoms with Gasteiger partial charge in [-0.2, -0.15) is 0 Å². The van der Waals surface area contributed by atoms with E-state index < -0.39 is 0 Å². The van der Waals surface area contributed by atoms with Crippen LogP contribution >= 0.6 is 0 Å². The Balaban J connectivity index is 1.69. The van der Waals surface area contributed by atoms with E-state index in [2.05, 4.69) is 84.9 Å². The van der Waals surface area contributed by atoms with Crippen molar-refractivity contribution < 1.29 is 4.39 Å². The first-order valence-electron chi connectivity index (χ1n) is 10.1.